The summed E-state index contributed by atoms with van der Waals surface area (Å²) in [6, 6.07) is 21.3. The summed E-state index contributed by atoms with van der Waals surface area (Å²) in [5.74, 6) is 0.626. The fourth-order valence-corrected chi connectivity index (χ4v) is 6.85. The van der Waals surface area contributed by atoms with E-state index in [1.807, 2.05) is 6.07 Å². The van der Waals surface area contributed by atoms with Crippen LogP contribution < -0.4 is 4.72 Å². The highest BCUT2D eigenvalue weighted by molar-refractivity contribution is 7.88. The van der Waals surface area contributed by atoms with Gasteiger partial charge in [0, 0.05) is 18.1 Å². The molecule has 0 aromatic heterocycles. The Labute approximate surface area is 198 Å². The monoisotopic (exact) mass is 468 g/mol. The summed E-state index contributed by atoms with van der Waals surface area (Å²) in [7, 11) is -3.27. The standard InChI is InChI=1S/C27H36N2O3S/c1-33(30,31)28-25-18-27(16-17-27)29(19-21-8-4-2-5-9-21)26(25)20-32-24-14-12-23(13-15-24)22-10-6-3-7-11-22/h2-11,23-26,28H,12-20H2,1H3/t23?,24?,25?,26-/m0/s1. The molecule has 1 heterocycles. The van der Waals surface area contributed by atoms with Crippen LogP contribution in [0, 0.1) is 0 Å². The summed E-state index contributed by atoms with van der Waals surface area (Å²) < 4.78 is 33.7. The Morgan fingerprint density at radius 3 is 2.21 bits per heavy atom. The van der Waals surface area contributed by atoms with Crippen LogP contribution in [0.15, 0.2) is 60.7 Å². The van der Waals surface area contributed by atoms with Crippen LogP contribution in [0.4, 0.5) is 0 Å². The fraction of sp³-hybridized carbons (Fsp3) is 0.556. The van der Waals surface area contributed by atoms with Crippen molar-refractivity contribution in [3.8, 4) is 0 Å². The van der Waals surface area contributed by atoms with E-state index >= 15 is 0 Å². The second-order valence-corrected chi connectivity index (χ2v) is 12.1. The van der Waals surface area contributed by atoms with Gasteiger partial charge in [-0.2, -0.15) is 0 Å². The number of rotatable bonds is 8. The Balaban J connectivity index is 1.25. The molecule has 3 aliphatic rings. The number of nitrogens with zero attached hydrogens (tertiary/aromatic N) is 1. The number of benzene rings is 2. The Bertz CT molecular complexity index is 1020. The van der Waals surface area contributed by atoms with E-state index < -0.39 is 10.0 Å². The van der Waals surface area contributed by atoms with Gasteiger partial charge >= 0.3 is 0 Å². The molecule has 33 heavy (non-hydrogen) atoms. The highest BCUT2D eigenvalue weighted by Gasteiger charge is 2.58. The van der Waals surface area contributed by atoms with E-state index in [2.05, 4.69) is 64.2 Å². The molecular weight excluding hydrogens is 432 g/mol. The van der Waals surface area contributed by atoms with Crippen molar-refractivity contribution in [2.24, 2.45) is 0 Å². The van der Waals surface area contributed by atoms with Gasteiger partial charge in [0.1, 0.15) is 0 Å². The molecule has 2 aliphatic carbocycles. The Kier molecular flexibility index (Phi) is 6.62. The third-order valence-corrected chi connectivity index (χ3v) is 8.64. The normalized spacial score (nSPS) is 29.4. The van der Waals surface area contributed by atoms with Gasteiger partial charge < -0.3 is 4.74 Å². The van der Waals surface area contributed by atoms with Crippen LogP contribution in [0.1, 0.15) is 62.0 Å². The Hall–Kier alpha value is -1.73. The first-order valence-corrected chi connectivity index (χ1v) is 14.3. The molecule has 0 radical (unpaired) electrons. The van der Waals surface area contributed by atoms with Gasteiger partial charge in [0.2, 0.25) is 10.0 Å². The molecule has 2 atom stereocenters. The topological polar surface area (TPSA) is 58.6 Å². The van der Waals surface area contributed by atoms with Crippen LogP contribution in [0.3, 0.4) is 0 Å². The first-order chi connectivity index (χ1) is 15.9. The summed E-state index contributed by atoms with van der Waals surface area (Å²) >= 11 is 0. The predicted molar refractivity (Wildman–Crippen MR) is 132 cm³/mol. The maximum atomic E-state index is 12.1. The van der Waals surface area contributed by atoms with E-state index in [1.54, 1.807) is 0 Å². The minimum absolute atomic E-state index is 0.0641. The quantitative estimate of drug-likeness (QED) is 0.622. The minimum Gasteiger partial charge on any atom is -0.377 e. The van der Waals surface area contributed by atoms with E-state index in [0.29, 0.717) is 12.5 Å². The highest BCUT2D eigenvalue weighted by Crippen LogP contribution is 2.52. The fourth-order valence-electron chi connectivity index (χ4n) is 6.06. The number of sulfonamides is 1. The molecule has 6 heteroatoms. The lowest BCUT2D eigenvalue weighted by molar-refractivity contribution is -0.0141. The largest absolute Gasteiger partial charge is 0.377 e. The third kappa shape index (κ3) is 5.51. The minimum atomic E-state index is -3.27. The van der Waals surface area contributed by atoms with Gasteiger partial charge in [0.15, 0.2) is 0 Å². The van der Waals surface area contributed by atoms with Crippen molar-refractivity contribution in [2.45, 2.75) is 81.1 Å². The van der Waals surface area contributed by atoms with Crippen molar-refractivity contribution in [3.63, 3.8) is 0 Å². The van der Waals surface area contributed by atoms with Crippen LogP contribution in [-0.2, 0) is 21.3 Å². The molecule has 5 nitrogen and oxygen atoms in total. The lowest BCUT2D eigenvalue weighted by atomic mass is 9.83. The van der Waals surface area contributed by atoms with E-state index in [9.17, 15) is 8.42 Å². The van der Waals surface area contributed by atoms with Crippen molar-refractivity contribution < 1.29 is 13.2 Å². The van der Waals surface area contributed by atoms with E-state index in [-0.39, 0.29) is 23.7 Å². The van der Waals surface area contributed by atoms with Gasteiger partial charge in [0.25, 0.3) is 0 Å². The summed E-state index contributed by atoms with van der Waals surface area (Å²) in [6.07, 6.45) is 9.14. The smallest absolute Gasteiger partial charge is 0.209 e. The maximum absolute atomic E-state index is 12.1. The summed E-state index contributed by atoms with van der Waals surface area (Å²) in [4.78, 5) is 2.54. The molecule has 3 fully saturated rings. The van der Waals surface area contributed by atoms with Crippen molar-refractivity contribution in [2.75, 3.05) is 12.9 Å². The second kappa shape index (κ2) is 9.49. The average molecular weight is 469 g/mol. The van der Waals surface area contributed by atoms with Gasteiger partial charge in [-0.15, -0.1) is 0 Å². The van der Waals surface area contributed by atoms with Gasteiger partial charge in [-0.25, -0.2) is 13.1 Å². The molecule has 0 amide bonds. The zero-order valence-corrected chi connectivity index (χ0v) is 20.3. The zero-order chi connectivity index (χ0) is 22.9. The van der Waals surface area contributed by atoms with Crippen molar-refractivity contribution in [1.82, 2.24) is 9.62 Å². The molecule has 2 saturated carbocycles. The molecule has 1 N–H and O–H groups in total. The molecule has 178 valence electrons. The molecule has 1 unspecified atom stereocenters. The lowest BCUT2D eigenvalue weighted by Crippen LogP contribution is -2.48. The van der Waals surface area contributed by atoms with Crippen LogP contribution >= 0.6 is 0 Å². The van der Waals surface area contributed by atoms with Crippen LogP contribution in [0.2, 0.25) is 0 Å². The maximum Gasteiger partial charge on any atom is 0.209 e. The summed E-state index contributed by atoms with van der Waals surface area (Å²) in [5.41, 5.74) is 2.84. The molecule has 0 bridgehead atoms. The van der Waals surface area contributed by atoms with Crippen LogP contribution in [-0.4, -0.2) is 49.9 Å². The number of nitrogens with one attached hydrogen (secondary N) is 1. The van der Waals surface area contributed by atoms with Gasteiger partial charge in [-0.3, -0.25) is 4.90 Å². The first kappa shape index (κ1) is 23.0. The molecule has 1 saturated heterocycles. The molecule has 1 aliphatic heterocycles. The first-order valence-electron chi connectivity index (χ1n) is 12.4. The van der Waals surface area contributed by atoms with Crippen molar-refractivity contribution in [3.05, 3.63) is 71.8 Å². The third-order valence-electron chi connectivity index (χ3n) is 7.91. The molecule has 5 rings (SSSR count). The van der Waals surface area contributed by atoms with Gasteiger partial charge in [0.05, 0.1) is 25.0 Å². The van der Waals surface area contributed by atoms with E-state index in [4.69, 9.17) is 4.74 Å². The SMILES string of the molecule is CS(=O)(=O)NC1CC2(CC2)N(Cc2ccccc2)[C@H]1COC1CCC(c2ccccc2)CC1. The number of hydrogen-bond acceptors (Lipinski definition) is 4. The molecule has 2 aromatic carbocycles. The highest BCUT2D eigenvalue weighted by atomic mass is 32.2. The van der Waals surface area contributed by atoms with E-state index in [0.717, 1.165) is 51.5 Å². The number of hydrogen-bond donors (Lipinski definition) is 1. The molecule has 1 spiro atoms. The van der Waals surface area contributed by atoms with Crippen LogP contribution in [0.25, 0.3) is 0 Å². The summed E-state index contributed by atoms with van der Waals surface area (Å²) in [5, 5.41) is 0. The summed E-state index contributed by atoms with van der Waals surface area (Å²) in [6.45, 7) is 1.43. The predicted octanol–water partition coefficient (Wildman–Crippen LogP) is 4.45. The van der Waals surface area contributed by atoms with Crippen molar-refractivity contribution >= 4 is 10.0 Å². The Morgan fingerprint density at radius 2 is 1.61 bits per heavy atom. The number of likely N-dealkylation sites (tertiary alicyclic amines) is 1. The number of ether oxygens (including phenoxy) is 1. The molecule has 2 aromatic rings. The average Bonchev–Trinajstić information content (AvgIpc) is 3.53. The van der Waals surface area contributed by atoms with E-state index in [1.165, 1.54) is 17.4 Å². The van der Waals surface area contributed by atoms with Crippen molar-refractivity contribution in [1.29, 1.82) is 0 Å². The molecular formula is C27H36N2O3S. The van der Waals surface area contributed by atoms with Gasteiger partial charge in [-0.05, 0) is 62.0 Å². The Morgan fingerprint density at radius 1 is 0.970 bits per heavy atom. The van der Waals surface area contributed by atoms with Gasteiger partial charge in [-0.1, -0.05) is 60.7 Å². The second-order valence-electron chi connectivity index (χ2n) is 10.3. The zero-order valence-electron chi connectivity index (χ0n) is 19.5. The lowest BCUT2D eigenvalue weighted by Gasteiger charge is -2.34. The van der Waals surface area contributed by atoms with Crippen LogP contribution in [0.5, 0.6) is 0 Å².